The molecule has 0 aliphatic rings. The second-order valence-electron chi connectivity index (χ2n) is 6.11. The zero-order chi connectivity index (χ0) is 18.3. The van der Waals surface area contributed by atoms with Crippen LogP contribution in [0.5, 0.6) is 0 Å². The SMILES string of the molecule is CCC(CC)(CN)NC(=O)CCCc1nc(-c2ccc(F)cc2)no1.Cl. The van der Waals surface area contributed by atoms with Crippen LogP contribution in [0.25, 0.3) is 11.4 Å². The number of benzene rings is 1. The predicted octanol–water partition coefficient (Wildman–Crippen LogP) is 3.25. The van der Waals surface area contributed by atoms with Crippen molar-refractivity contribution in [1.29, 1.82) is 0 Å². The van der Waals surface area contributed by atoms with Crippen LogP contribution in [0.15, 0.2) is 28.8 Å². The molecule has 6 nitrogen and oxygen atoms in total. The number of rotatable bonds is 9. The van der Waals surface area contributed by atoms with Gasteiger partial charge in [-0.05, 0) is 43.5 Å². The molecular weight excluding hydrogens is 359 g/mol. The van der Waals surface area contributed by atoms with Gasteiger partial charge in [0.1, 0.15) is 5.82 Å². The molecule has 26 heavy (non-hydrogen) atoms. The molecule has 0 aliphatic carbocycles. The molecule has 2 rings (SSSR count). The van der Waals surface area contributed by atoms with E-state index in [4.69, 9.17) is 10.3 Å². The summed E-state index contributed by atoms with van der Waals surface area (Å²) in [4.78, 5) is 16.4. The second-order valence-corrected chi connectivity index (χ2v) is 6.11. The van der Waals surface area contributed by atoms with Crippen LogP contribution < -0.4 is 11.1 Å². The molecule has 1 aromatic carbocycles. The maximum atomic E-state index is 12.9. The first-order chi connectivity index (χ1) is 12.0. The Bertz CT molecular complexity index is 678. The fourth-order valence-corrected chi connectivity index (χ4v) is 2.60. The highest BCUT2D eigenvalue weighted by Crippen LogP contribution is 2.17. The minimum Gasteiger partial charge on any atom is -0.349 e. The van der Waals surface area contributed by atoms with Crippen LogP contribution >= 0.6 is 12.4 Å². The Balaban J connectivity index is 0.00000338. The molecule has 3 N–H and O–H groups in total. The molecule has 0 fully saturated rings. The largest absolute Gasteiger partial charge is 0.349 e. The molecule has 0 saturated carbocycles. The number of nitrogens with zero attached hydrogens (tertiary/aromatic N) is 2. The minimum atomic E-state index is -0.322. The van der Waals surface area contributed by atoms with E-state index in [1.165, 1.54) is 12.1 Å². The first kappa shape index (κ1) is 22.1. The lowest BCUT2D eigenvalue weighted by Crippen LogP contribution is -2.52. The van der Waals surface area contributed by atoms with Crippen molar-refractivity contribution in [2.45, 2.75) is 51.5 Å². The van der Waals surface area contributed by atoms with Crippen LogP contribution in [-0.4, -0.2) is 28.1 Å². The third-order valence-electron chi connectivity index (χ3n) is 4.51. The molecule has 0 saturated heterocycles. The van der Waals surface area contributed by atoms with Crippen molar-refractivity contribution in [2.75, 3.05) is 6.54 Å². The maximum Gasteiger partial charge on any atom is 0.226 e. The highest BCUT2D eigenvalue weighted by atomic mass is 35.5. The van der Waals surface area contributed by atoms with Crippen molar-refractivity contribution in [3.8, 4) is 11.4 Å². The number of hydrogen-bond acceptors (Lipinski definition) is 5. The lowest BCUT2D eigenvalue weighted by atomic mass is 9.92. The molecule has 2 aromatic rings. The highest BCUT2D eigenvalue weighted by molar-refractivity contribution is 5.85. The Labute approximate surface area is 159 Å². The number of aromatic nitrogens is 2. The lowest BCUT2D eigenvalue weighted by molar-refractivity contribution is -0.123. The summed E-state index contributed by atoms with van der Waals surface area (Å²) < 4.78 is 18.1. The van der Waals surface area contributed by atoms with Crippen LogP contribution in [0.1, 0.15) is 45.4 Å². The summed E-state index contributed by atoms with van der Waals surface area (Å²) in [6.07, 6.45) is 3.09. The summed E-state index contributed by atoms with van der Waals surface area (Å²) >= 11 is 0. The number of nitrogens with one attached hydrogen (secondary N) is 1. The van der Waals surface area contributed by atoms with Gasteiger partial charge in [-0.25, -0.2) is 4.39 Å². The molecule has 0 atom stereocenters. The van der Waals surface area contributed by atoms with E-state index in [2.05, 4.69) is 15.5 Å². The smallest absolute Gasteiger partial charge is 0.226 e. The fourth-order valence-electron chi connectivity index (χ4n) is 2.60. The molecule has 0 spiro atoms. The van der Waals surface area contributed by atoms with Gasteiger partial charge >= 0.3 is 0 Å². The number of hydrogen-bond donors (Lipinski definition) is 2. The van der Waals surface area contributed by atoms with Gasteiger partial charge in [0.05, 0.1) is 5.54 Å². The van der Waals surface area contributed by atoms with E-state index >= 15 is 0 Å². The van der Waals surface area contributed by atoms with Crippen LogP contribution in [0.3, 0.4) is 0 Å². The van der Waals surface area contributed by atoms with Crippen LogP contribution in [0.4, 0.5) is 4.39 Å². The van der Waals surface area contributed by atoms with Crippen molar-refractivity contribution in [1.82, 2.24) is 15.5 Å². The van der Waals surface area contributed by atoms with Gasteiger partial charge in [0.2, 0.25) is 17.6 Å². The van der Waals surface area contributed by atoms with Gasteiger partial charge in [-0.2, -0.15) is 4.98 Å². The molecular formula is C18H26ClFN4O2. The van der Waals surface area contributed by atoms with E-state index in [0.29, 0.717) is 43.1 Å². The van der Waals surface area contributed by atoms with Crippen molar-refractivity contribution in [2.24, 2.45) is 5.73 Å². The Hall–Kier alpha value is -1.99. The topological polar surface area (TPSA) is 94.0 Å². The summed E-state index contributed by atoms with van der Waals surface area (Å²) in [7, 11) is 0. The molecule has 0 aliphatic heterocycles. The van der Waals surface area contributed by atoms with E-state index in [-0.39, 0.29) is 29.7 Å². The number of nitrogens with two attached hydrogens (primary N) is 1. The van der Waals surface area contributed by atoms with Crippen LogP contribution in [-0.2, 0) is 11.2 Å². The first-order valence-electron chi connectivity index (χ1n) is 8.61. The zero-order valence-corrected chi connectivity index (χ0v) is 15.9. The summed E-state index contributed by atoms with van der Waals surface area (Å²) in [5, 5.41) is 6.92. The van der Waals surface area contributed by atoms with Crippen molar-refractivity contribution in [3.63, 3.8) is 0 Å². The van der Waals surface area contributed by atoms with Gasteiger partial charge in [-0.3, -0.25) is 4.79 Å². The van der Waals surface area contributed by atoms with Gasteiger partial charge in [-0.15, -0.1) is 12.4 Å². The van der Waals surface area contributed by atoms with Crippen LogP contribution in [0.2, 0.25) is 0 Å². The number of carbonyl (C=O) groups is 1. The highest BCUT2D eigenvalue weighted by Gasteiger charge is 2.25. The van der Waals surface area contributed by atoms with Crippen molar-refractivity contribution < 1.29 is 13.7 Å². The molecule has 1 amide bonds. The number of amides is 1. The quantitative estimate of drug-likeness (QED) is 0.692. The van der Waals surface area contributed by atoms with E-state index < -0.39 is 0 Å². The van der Waals surface area contributed by atoms with E-state index in [1.807, 2.05) is 13.8 Å². The number of carbonyl (C=O) groups excluding carboxylic acids is 1. The summed E-state index contributed by atoms with van der Waals surface area (Å²) in [5.74, 6) is 0.542. The zero-order valence-electron chi connectivity index (χ0n) is 15.1. The van der Waals surface area contributed by atoms with Crippen LogP contribution in [0, 0.1) is 5.82 Å². The van der Waals surface area contributed by atoms with E-state index in [1.54, 1.807) is 12.1 Å². The number of aryl methyl sites for hydroxylation is 1. The van der Waals surface area contributed by atoms with E-state index in [9.17, 15) is 9.18 Å². The summed E-state index contributed by atoms with van der Waals surface area (Å²) in [5.41, 5.74) is 6.16. The Morgan fingerprint density at radius 1 is 1.27 bits per heavy atom. The average molecular weight is 385 g/mol. The Morgan fingerprint density at radius 3 is 2.50 bits per heavy atom. The van der Waals surface area contributed by atoms with Gasteiger partial charge in [-0.1, -0.05) is 19.0 Å². The third kappa shape index (κ3) is 5.78. The van der Waals surface area contributed by atoms with Gasteiger partial charge in [0.25, 0.3) is 0 Å². The van der Waals surface area contributed by atoms with Crippen molar-refractivity contribution >= 4 is 18.3 Å². The summed E-state index contributed by atoms with van der Waals surface area (Å²) in [6, 6.07) is 5.89. The monoisotopic (exact) mass is 384 g/mol. The van der Waals surface area contributed by atoms with Gasteiger partial charge in [0.15, 0.2) is 0 Å². The number of halogens is 2. The molecule has 144 valence electrons. The summed E-state index contributed by atoms with van der Waals surface area (Å²) in [6.45, 7) is 4.47. The minimum absolute atomic E-state index is 0. The second kappa shape index (κ2) is 10.2. The molecule has 0 unspecified atom stereocenters. The molecule has 1 aromatic heterocycles. The average Bonchev–Trinajstić information content (AvgIpc) is 3.09. The normalized spacial score (nSPS) is 11.1. The molecule has 1 heterocycles. The van der Waals surface area contributed by atoms with E-state index in [0.717, 1.165) is 12.8 Å². The standard InChI is InChI=1S/C18H25FN4O2.ClH/c1-3-18(4-2,12-20)22-15(24)6-5-7-16-21-17(23-25-16)13-8-10-14(19)11-9-13;/h8-11H,3-7,12,20H2,1-2H3,(H,22,24);1H. The van der Waals surface area contributed by atoms with Gasteiger partial charge < -0.3 is 15.6 Å². The Kier molecular flexibility index (Phi) is 8.68. The molecule has 0 radical (unpaired) electrons. The maximum absolute atomic E-state index is 12.9. The predicted molar refractivity (Wildman–Crippen MR) is 100 cm³/mol. The van der Waals surface area contributed by atoms with Gasteiger partial charge in [0, 0.05) is 24.9 Å². The first-order valence-corrected chi connectivity index (χ1v) is 8.61. The molecule has 8 heteroatoms. The fraction of sp³-hybridized carbons (Fsp3) is 0.500. The van der Waals surface area contributed by atoms with Crippen molar-refractivity contribution in [3.05, 3.63) is 36.0 Å². The third-order valence-corrected chi connectivity index (χ3v) is 4.51. The Morgan fingerprint density at radius 2 is 1.92 bits per heavy atom. The molecule has 0 bridgehead atoms. The lowest BCUT2D eigenvalue weighted by Gasteiger charge is -2.31.